The fourth-order valence-corrected chi connectivity index (χ4v) is 1.51. The molecule has 0 saturated heterocycles. The lowest BCUT2D eigenvalue weighted by atomic mass is 10.2. The topological polar surface area (TPSA) is 0 Å². The molecule has 2 rings (SSSR count). The summed E-state index contributed by atoms with van der Waals surface area (Å²) in [6.07, 6.45) is 5.95. The summed E-state index contributed by atoms with van der Waals surface area (Å²) in [6.45, 7) is 6.34. The Kier molecular flexibility index (Phi) is 9.73. The highest BCUT2D eigenvalue weighted by atomic mass is 14.1. The molecular formula is C14H24. The van der Waals surface area contributed by atoms with Crippen molar-refractivity contribution >= 4 is 0 Å². The van der Waals surface area contributed by atoms with Crippen molar-refractivity contribution in [3.63, 3.8) is 0 Å². The summed E-state index contributed by atoms with van der Waals surface area (Å²) in [6, 6.07) is 12.0. The van der Waals surface area contributed by atoms with Gasteiger partial charge < -0.3 is 0 Å². The molecule has 0 heteroatoms. The van der Waals surface area contributed by atoms with Crippen LogP contribution in [-0.4, -0.2) is 0 Å². The summed E-state index contributed by atoms with van der Waals surface area (Å²) in [5.74, 6) is 1.05. The van der Waals surface area contributed by atoms with Gasteiger partial charge in [-0.3, -0.25) is 0 Å². The van der Waals surface area contributed by atoms with Gasteiger partial charge in [-0.2, -0.15) is 0 Å². The molecule has 0 spiro atoms. The molecule has 0 amide bonds. The van der Waals surface area contributed by atoms with E-state index in [4.69, 9.17) is 0 Å². The van der Waals surface area contributed by atoms with Crippen LogP contribution >= 0.6 is 0 Å². The summed E-state index contributed by atoms with van der Waals surface area (Å²) in [4.78, 5) is 0. The zero-order chi connectivity index (χ0) is 10.6. The molecule has 0 bridgehead atoms. The van der Waals surface area contributed by atoms with Gasteiger partial charge in [-0.05, 0) is 5.92 Å². The summed E-state index contributed by atoms with van der Waals surface area (Å²) in [5.41, 5.74) is 0. The molecule has 0 aliphatic heterocycles. The Hall–Kier alpha value is -0.780. The minimum Gasteiger partial charge on any atom is -0.0683 e. The molecule has 1 aromatic carbocycles. The highest BCUT2D eigenvalue weighted by Crippen LogP contribution is 2.22. The lowest BCUT2D eigenvalue weighted by Crippen LogP contribution is -1.78. The minimum absolute atomic E-state index is 1.05. The maximum Gasteiger partial charge on any atom is -0.0443 e. The van der Waals surface area contributed by atoms with Crippen LogP contribution in [0.5, 0.6) is 0 Å². The molecule has 80 valence electrons. The third-order valence-electron chi connectivity index (χ3n) is 2.31. The molecule has 0 heterocycles. The van der Waals surface area contributed by atoms with E-state index in [1.807, 2.05) is 50.2 Å². The highest BCUT2D eigenvalue weighted by molar-refractivity contribution is 4.99. The van der Waals surface area contributed by atoms with E-state index in [1.165, 1.54) is 25.7 Å². The van der Waals surface area contributed by atoms with E-state index in [1.54, 1.807) is 0 Å². The van der Waals surface area contributed by atoms with Crippen LogP contribution in [0.25, 0.3) is 0 Å². The van der Waals surface area contributed by atoms with Crippen LogP contribution in [0.4, 0.5) is 0 Å². The average Bonchev–Trinajstić information content (AvgIpc) is 2.76. The van der Waals surface area contributed by atoms with Gasteiger partial charge in [-0.25, -0.2) is 0 Å². The van der Waals surface area contributed by atoms with Crippen molar-refractivity contribution in [3.8, 4) is 0 Å². The predicted octanol–water partition coefficient (Wildman–Crippen LogP) is 4.91. The number of hydrogen-bond donors (Lipinski definition) is 0. The number of hydrogen-bond acceptors (Lipinski definition) is 0. The van der Waals surface area contributed by atoms with Gasteiger partial charge in [0.2, 0.25) is 0 Å². The van der Waals surface area contributed by atoms with Crippen LogP contribution in [0.2, 0.25) is 0 Å². The van der Waals surface area contributed by atoms with Gasteiger partial charge in [0, 0.05) is 0 Å². The van der Waals surface area contributed by atoms with E-state index >= 15 is 0 Å². The van der Waals surface area contributed by atoms with Crippen molar-refractivity contribution in [1.29, 1.82) is 0 Å². The fraction of sp³-hybridized carbons (Fsp3) is 0.571. The first-order valence-corrected chi connectivity index (χ1v) is 5.89. The summed E-state index contributed by atoms with van der Waals surface area (Å²) < 4.78 is 0. The maximum absolute atomic E-state index is 2.34. The second-order valence-corrected chi connectivity index (χ2v) is 3.54. The molecule has 0 atom stereocenters. The molecule has 0 unspecified atom stereocenters. The van der Waals surface area contributed by atoms with Gasteiger partial charge in [-0.15, -0.1) is 0 Å². The van der Waals surface area contributed by atoms with Gasteiger partial charge in [0.15, 0.2) is 0 Å². The van der Waals surface area contributed by atoms with Crippen molar-refractivity contribution < 1.29 is 0 Å². The summed E-state index contributed by atoms with van der Waals surface area (Å²) in [7, 11) is 0. The molecule has 1 aromatic rings. The van der Waals surface area contributed by atoms with Crippen molar-refractivity contribution in [3.05, 3.63) is 36.4 Å². The molecule has 1 saturated carbocycles. The van der Waals surface area contributed by atoms with Crippen molar-refractivity contribution in [2.24, 2.45) is 5.92 Å². The Morgan fingerprint density at radius 1 is 0.714 bits per heavy atom. The van der Waals surface area contributed by atoms with Gasteiger partial charge in [0.1, 0.15) is 0 Å². The smallest absolute Gasteiger partial charge is 0.0443 e. The van der Waals surface area contributed by atoms with Crippen LogP contribution in [-0.2, 0) is 0 Å². The Morgan fingerprint density at radius 2 is 1.00 bits per heavy atom. The van der Waals surface area contributed by atoms with E-state index in [0.717, 1.165) is 5.92 Å². The average molecular weight is 192 g/mol. The van der Waals surface area contributed by atoms with Crippen LogP contribution in [0, 0.1) is 5.92 Å². The number of benzene rings is 1. The monoisotopic (exact) mass is 192 g/mol. The van der Waals surface area contributed by atoms with E-state index in [9.17, 15) is 0 Å². The van der Waals surface area contributed by atoms with Gasteiger partial charge in [0.05, 0.1) is 0 Å². The standard InChI is InChI=1S/C6H12.C6H6.C2H6/c1-6-4-2-3-5-6;1-2-4-6-5-3-1;1-2/h6H,2-5H2,1H3;1-6H;1-2H3. The highest BCUT2D eigenvalue weighted by Gasteiger charge is 2.07. The number of rotatable bonds is 0. The zero-order valence-corrected chi connectivity index (χ0v) is 9.87. The molecule has 14 heavy (non-hydrogen) atoms. The Bertz CT molecular complexity index is 146. The van der Waals surface area contributed by atoms with Crippen LogP contribution in [0.3, 0.4) is 0 Å². The second kappa shape index (κ2) is 10.3. The van der Waals surface area contributed by atoms with Gasteiger partial charge in [-0.1, -0.05) is 82.9 Å². The van der Waals surface area contributed by atoms with E-state index in [0.29, 0.717) is 0 Å². The van der Waals surface area contributed by atoms with E-state index in [2.05, 4.69) is 6.92 Å². The lowest BCUT2D eigenvalue weighted by Gasteiger charge is -1.91. The summed E-state index contributed by atoms with van der Waals surface area (Å²) in [5, 5.41) is 0. The minimum atomic E-state index is 1.05. The Morgan fingerprint density at radius 3 is 1.14 bits per heavy atom. The Balaban J connectivity index is 0.000000206. The van der Waals surface area contributed by atoms with Gasteiger partial charge >= 0.3 is 0 Å². The Labute approximate surface area is 89.4 Å². The fourth-order valence-electron chi connectivity index (χ4n) is 1.51. The van der Waals surface area contributed by atoms with Crippen molar-refractivity contribution in [1.82, 2.24) is 0 Å². The second-order valence-electron chi connectivity index (χ2n) is 3.54. The maximum atomic E-state index is 2.34. The molecular weight excluding hydrogens is 168 g/mol. The van der Waals surface area contributed by atoms with Gasteiger partial charge in [0.25, 0.3) is 0 Å². The predicted molar refractivity (Wildman–Crippen MR) is 65.4 cm³/mol. The molecule has 0 radical (unpaired) electrons. The van der Waals surface area contributed by atoms with Crippen LogP contribution in [0.1, 0.15) is 46.5 Å². The normalized spacial score (nSPS) is 14.8. The van der Waals surface area contributed by atoms with Crippen LogP contribution < -0.4 is 0 Å². The molecule has 1 aliphatic rings. The largest absolute Gasteiger partial charge is 0.0683 e. The third kappa shape index (κ3) is 7.85. The third-order valence-corrected chi connectivity index (χ3v) is 2.31. The molecule has 0 nitrogen and oxygen atoms in total. The molecule has 0 N–H and O–H groups in total. The zero-order valence-electron chi connectivity index (χ0n) is 9.87. The molecule has 1 fully saturated rings. The SMILES string of the molecule is CC.CC1CCCC1.c1ccccc1. The van der Waals surface area contributed by atoms with Crippen LogP contribution in [0.15, 0.2) is 36.4 Å². The first-order chi connectivity index (χ1) is 6.89. The molecule has 0 aromatic heterocycles. The van der Waals surface area contributed by atoms with E-state index < -0.39 is 0 Å². The first-order valence-electron chi connectivity index (χ1n) is 5.89. The summed E-state index contributed by atoms with van der Waals surface area (Å²) >= 11 is 0. The van der Waals surface area contributed by atoms with E-state index in [-0.39, 0.29) is 0 Å². The van der Waals surface area contributed by atoms with Crippen molar-refractivity contribution in [2.45, 2.75) is 46.5 Å². The molecule has 1 aliphatic carbocycles. The lowest BCUT2D eigenvalue weighted by molar-refractivity contribution is 0.612. The van der Waals surface area contributed by atoms with Crippen molar-refractivity contribution in [2.75, 3.05) is 0 Å². The first kappa shape index (κ1) is 13.2. The quantitative estimate of drug-likeness (QED) is 0.548.